The van der Waals surface area contributed by atoms with Gasteiger partial charge in [0.15, 0.2) is 11.3 Å². The van der Waals surface area contributed by atoms with Crippen LogP contribution in [0.25, 0.3) is 16.8 Å². The van der Waals surface area contributed by atoms with E-state index in [1.807, 2.05) is 12.3 Å². The van der Waals surface area contributed by atoms with Crippen LogP contribution in [0.3, 0.4) is 0 Å². The molecule has 4 heterocycles. The summed E-state index contributed by atoms with van der Waals surface area (Å²) in [5, 5.41) is 8.76. The quantitative estimate of drug-likeness (QED) is 0.730. The van der Waals surface area contributed by atoms with E-state index in [9.17, 15) is 0 Å². The Morgan fingerprint density at radius 2 is 2.25 bits per heavy atom. The monoisotopic (exact) mass is 270 g/mol. The van der Waals surface area contributed by atoms with Crippen LogP contribution >= 0.6 is 0 Å². The lowest BCUT2D eigenvalue weighted by Gasteiger charge is -2.33. The van der Waals surface area contributed by atoms with Crippen molar-refractivity contribution in [1.82, 2.24) is 29.5 Å². The van der Waals surface area contributed by atoms with Crippen LogP contribution < -0.4 is 0 Å². The molecule has 0 saturated carbocycles. The third-order valence-electron chi connectivity index (χ3n) is 4.41. The molecule has 4 rings (SSSR count). The fraction of sp³-hybridized carbons (Fsp3) is 0.500. The van der Waals surface area contributed by atoms with Crippen LogP contribution in [0.2, 0.25) is 0 Å². The van der Waals surface area contributed by atoms with Crippen LogP contribution in [0.4, 0.5) is 0 Å². The molecule has 20 heavy (non-hydrogen) atoms. The van der Waals surface area contributed by atoms with Gasteiger partial charge in [-0.3, -0.25) is 4.40 Å². The zero-order valence-electron chi connectivity index (χ0n) is 11.7. The van der Waals surface area contributed by atoms with Gasteiger partial charge < -0.3 is 9.88 Å². The fourth-order valence-corrected chi connectivity index (χ4v) is 3.38. The van der Waals surface area contributed by atoms with Gasteiger partial charge in [0.25, 0.3) is 0 Å². The molecule has 1 aliphatic rings. The lowest BCUT2D eigenvalue weighted by molar-refractivity contribution is 0.191. The summed E-state index contributed by atoms with van der Waals surface area (Å²) in [4.78, 5) is 9.91. The minimum atomic E-state index is 0.460. The first kappa shape index (κ1) is 11.8. The number of piperidine rings is 1. The van der Waals surface area contributed by atoms with Gasteiger partial charge in [0.2, 0.25) is 0 Å². The molecular weight excluding hydrogens is 252 g/mol. The minimum absolute atomic E-state index is 0.460. The molecule has 0 radical (unpaired) electrons. The van der Waals surface area contributed by atoms with Gasteiger partial charge in [-0.25, -0.2) is 4.98 Å². The van der Waals surface area contributed by atoms with Gasteiger partial charge in [-0.1, -0.05) is 6.92 Å². The highest BCUT2D eigenvalue weighted by molar-refractivity contribution is 5.74. The molecule has 1 saturated heterocycles. The number of aromatic nitrogens is 5. The topological polar surface area (TPSA) is 62.1 Å². The Morgan fingerprint density at radius 1 is 1.35 bits per heavy atom. The molecule has 104 valence electrons. The van der Waals surface area contributed by atoms with E-state index in [0.29, 0.717) is 11.8 Å². The molecular formula is C14H18N6. The van der Waals surface area contributed by atoms with Crippen molar-refractivity contribution in [2.24, 2.45) is 5.92 Å². The zero-order valence-corrected chi connectivity index (χ0v) is 11.7. The maximum atomic E-state index is 4.46. The molecule has 2 unspecified atom stereocenters. The molecule has 6 nitrogen and oxygen atoms in total. The zero-order chi connectivity index (χ0) is 13.7. The van der Waals surface area contributed by atoms with E-state index >= 15 is 0 Å². The first-order valence-corrected chi connectivity index (χ1v) is 7.09. The van der Waals surface area contributed by atoms with Gasteiger partial charge in [0, 0.05) is 18.7 Å². The van der Waals surface area contributed by atoms with Crippen LogP contribution in [0.1, 0.15) is 25.1 Å². The molecule has 6 heteroatoms. The summed E-state index contributed by atoms with van der Waals surface area (Å²) in [6.07, 6.45) is 4.83. The van der Waals surface area contributed by atoms with Gasteiger partial charge in [0.05, 0.1) is 11.7 Å². The highest BCUT2D eigenvalue weighted by atomic mass is 15.3. The van der Waals surface area contributed by atoms with Crippen LogP contribution in [0.5, 0.6) is 0 Å². The molecule has 0 spiro atoms. The summed E-state index contributed by atoms with van der Waals surface area (Å²) in [5.41, 5.74) is 2.78. The molecule has 3 aromatic heterocycles. The van der Waals surface area contributed by atoms with Crippen molar-refractivity contribution in [3.05, 3.63) is 24.3 Å². The van der Waals surface area contributed by atoms with Crippen molar-refractivity contribution in [3.63, 3.8) is 0 Å². The first-order chi connectivity index (χ1) is 9.74. The number of hydrogen-bond donors (Lipinski definition) is 1. The van der Waals surface area contributed by atoms with E-state index < -0.39 is 0 Å². The standard InChI is InChI=1S/C14H18N6/c1-9-8-19(2)6-4-10(9)14-18-17-12-7-16-13-11(20(12)14)3-5-15-13/h3,5,7,9-10,15H,4,6,8H2,1-2H3. The molecule has 0 aliphatic carbocycles. The minimum Gasteiger partial charge on any atom is -0.345 e. The third-order valence-corrected chi connectivity index (χ3v) is 4.41. The second-order valence-electron chi connectivity index (χ2n) is 5.86. The molecule has 3 aromatic rings. The van der Waals surface area contributed by atoms with Crippen molar-refractivity contribution in [2.45, 2.75) is 19.3 Å². The number of H-pyrrole nitrogens is 1. The molecule has 1 aliphatic heterocycles. The largest absolute Gasteiger partial charge is 0.345 e. The molecule has 0 bridgehead atoms. The second kappa shape index (κ2) is 4.28. The maximum absolute atomic E-state index is 4.46. The Morgan fingerprint density at radius 3 is 3.10 bits per heavy atom. The maximum Gasteiger partial charge on any atom is 0.179 e. The third kappa shape index (κ3) is 1.64. The number of fused-ring (bicyclic) bond motifs is 3. The van der Waals surface area contributed by atoms with Crippen LogP contribution in [0.15, 0.2) is 18.5 Å². The first-order valence-electron chi connectivity index (χ1n) is 7.09. The normalized spacial score (nSPS) is 24.7. The molecule has 0 aromatic carbocycles. The number of aromatic amines is 1. The number of hydrogen-bond acceptors (Lipinski definition) is 4. The van der Waals surface area contributed by atoms with E-state index in [1.165, 1.54) is 0 Å². The second-order valence-corrected chi connectivity index (χ2v) is 5.86. The van der Waals surface area contributed by atoms with Crippen molar-refractivity contribution < 1.29 is 0 Å². The lowest BCUT2D eigenvalue weighted by atomic mass is 9.86. The van der Waals surface area contributed by atoms with E-state index in [2.05, 4.69) is 43.4 Å². The number of nitrogens with one attached hydrogen (secondary N) is 1. The summed E-state index contributed by atoms with van der Waals surface area (Å²) in [6.45, 7) is 4.53. The molecule has 0 amide bonds. The van der Waals surface area contributed by atoms with E-state index in [4.69, 9.17) is 0 Å². The SMILES string of the molecule is CC1CN(C)CCC1c1nnc2cnc3[nH]ccc3n12. The smallest absolute Gasteiger partial charge is 0.179 e. The van der Waals surface area contributed by atoms with Crippen molar-refractivity contribution in [1.29, 1.82) is 0 Å². The van der Waals surface area contributed by atoms with Gasteiger partial charge in [-0.15, -0.1) is 10.2 Å². The van der Waals surface area contributed by atoms with Crippen molar-refractivity contribution in [3.8, 4) is 0 Å². The summed E-state index contributed by atoms with van der Waals surface area (Å²) >= 11 is 0. The highest BCUT2D eigenvalue weighted by Gasteiger charge is 2.29. The van der Waals surface area contributed by atoms with Crippen LogP contribution in [-0.4, -0.2) is 49.6 Å². The molecule has 1 fully saturated rings. The van der Waals surface area contributed by atoms with E-state index in [0.717, 1.165) is 42.1 Å². The van der Waals surface area contributed by atoms with Crippen molar-refractivity contribution >= 4 is 16.8 Å². The van der Waals surface area contributed by atoms with Crippen molar-refractivity contribution in [2.75, 3.05) is 20.1 Å². The average Bonchev–Trinajstić information content (AvgIpc) is 3.03. The van der Waals surface area contributed by atoms with Gasteiger partial charge >= 0.3 is 0 Å². The van der Waals surface area contributed by atoms with Crippen LogP contribution in [-0.2, 0) is 0 Å². The average molecular weight is 270 g/mol. The van der Waals surface area contributed by atoms with Gasteiger partial charge in [-0.05, 0) is 32.0 Å². The Hall–Kier alpha value is -1.95. The summed E-state index contributed by atoms with van der Waals surface area (Å²) in [6, 6.07) is 2.04. The van der Waals surface area contributed by atoms with E-state index in [-0.39, 0.29) is 0 Å². The molecule has 2 atom stereocenters. The Balaban J connectivity index is 1.89. The highest BCUT2D eigenvalue weighted by Crippen LogP contribution is 2.32. The predicted molar refractivity (Wildman–Crippen MR) is 76.7 cm³/mol. The van der Waals surface area contributed by atoms with Crippen LogP contribution in [0, 0.1) is 5.92 Å². The summed E-state index contributed by atoms with van der Waals surface area (Å²) in [5.74, 6) is 2.12. The fourth-order valence-electron chi connectivity index (χ4n) is 3.38. The predicted octanol–water partition coefficient (Wildman–Crippen LogP) is 1.66. The Labute approximate surface area is 116 Å². The number of likely N-dealkylation sites (tertiary alicyclic amines) is 1. The number of rotatable bonds is 1. The number of nitrogens with zero attached hydrogens (tertiary/aromatic N) is 5. The Kier molecular flexibility index (Phi) is 2.53. The lowest BCUT2D eigenvalue weighted by Crippen LogP contribution is -2.36. The van der Waals surface area contributed by atoms with Gasteiger partial charge in [0.1, 0.15) is 5.82 Å². The van der Waals surface area contributed by atoms with Gasteiger partial charge in [-0.2, -0.15) is 0 Å². The molecule has 1 N–H and O–H groups in total. The summed E-state index contributed by atoms with van der Waals surface area (Å²) < 4.78 is 2.16. The Bertz CT molecular complexity index is 757. The van der Waals surface area contributed by atoms with E-state index in [1.54, 1.807) is 6.20 Å². The summed E-state index contributed by atoms with van der Waals surface area (Å²) in [7, 11) is 2.18.